The van der Waals surface area contributed by atoms with Crippen LogP contribution in [0.4, 0.5) is 0 Å². The SMILES string of the molecule is CCOc1noc2c1CNC[C@@H]2C. The second-order valence-corrected chi connectivity index (χ2v) is 3.30. The monoisotopic (exact) mass is 182 g/mol. The maximum Gasteiger partial charge on any atom is 0.258 e. The van der Waals surface area contributed by atoms with E-state index in [1.165, 1.54) is 0 Å². The predicted octanol–water partition coefficient (Wildman–Crippen LogP) is 1.28. The van der Waals surface area contributed by atoms with Crippen molar-refractivity contribution in [3.8, 4) is 5.88 Å². The first-order valence-electron chi connectivity index (χ1n) is 4.65. The van der Waals surface area contributed by atoms with E-state index >= 15 is 0 Å². The number of hydrogen-bond acceptors (Lipinski definition) is 4. The summed E-state index contributed by atoms with van der Waals surface area (Å²) in [7, 11) is 0. The number of hydrogen-bond donors (Lipinski definition) is 1. The van der Waals surface area contributed by atoms with E-state index in [2.05, 4.69) is 17.4 Å². The van der Waals surface area contributed by atoms with Gasteiger partial charge in [0.25, 0.3) is 5.88 Å². The van der Waals surface area contributed by atoms with Gasteiger partial charge in [-0.25, -0.2) is 0 Å². The molecule has 0 aromatic carbocycles. The molecule has 72 valence electrons. The summed E-state index contributed by atoms with van der Waals surface area (Å²) >= 11 is 0. The average molecular weight is 182 g/mol. The number of rotatable bonds is 2. The van der Waals surface area contributed by atoms with Crippen LogP contribution in [0.1, 0.15) is 31.1 Å². The lowest BCUT2D eigenvalue weighted by molar-refractivity contribution is 0.287. The minimum atomic E-state index is 0.394. The molecule has 1 aromatic rings. The predicted molar refractivity (Wildman–Crippen MR) is 47.8 cm³/mol. The lowest BCUT2D eigenvalue weighted by Crippen LogP contribution is -2.25. The maximum atomic E-state index is 5.35. The molecule has 2 rings (SSSR count). The quantitative estimate of drug-likeness (QED) is 0.748. The largest absolute Gasteiger partial charge is 0.476 e. The number of nitrogens with one attached hydrogen (secondary N) is 1. The first-order chi connectivity index (χ1) is 6.33. The van der Waals surface area contributed by atoms with Crippen LogP contribution < -0.4 is 10.1 Å². The van der Waals surface area contributed by atoms with E-state index < -0.39 is 0 Å². The van der Waals surface area contributed by atoms with Crippen LogP contribution in [0.15, 0.2) is 4.52 Å². The zero-order valence-electron chi connectivity index (χ0n) is 7.96. The van der Waals surface area contributed by atoms with Gasteiger partial charge in [-0.2, -0.15) is 0 Å². The van der Waals surface area contributed by atoms with E-state index in [4.69, 9.17) is 9.26 Å². The van der Waals surface area contributed by atoms with Crippen molar-refractivity contribution in [2.45, 2.75) is 26.3 Å². The van der Waals surface area contributed by atoms with Crippen LogP contribution in [0, 0.1) is 0 Å². The molecule has 0 spiro atoms. The molecule has 1 aliphatic rings. The van der Waals surface area contributed by atoms with Crippen LogP contribution >= 0.6 is 0 Å². The number of aromatic nitrogens is 1. The van der Waals surface area contributed by atoms with Crippen LogP contribution in [0.3, 0.4) is 0 Å². The van der Waals surface area contributed by atoms with E-state index in [1.54, 1.807) is 0 Å². The summed E-state index contributed by atoms with van der Waals surface area (Å²) in [6, 6.07) is 0. The molecule has 1 atom stereocenters. The lowest BCUT2D eigenvalue weighted by atomic mass is 10.0. The smallest absolute Gasteiger partial charge is 0.258 e. The summed E-state index contributed by atoms with van der Waals surface area (Å²) in [5, 5.41) is 7.20. The highest BCUT2D eigenvalue weighted by molar-refractivity contribution is 5.32. The normalized spacial score (nSPS) is 21.2. The highest BCUT2D eigenvalue weighted by atomic mass is 16.5. The first kappa shape index (κ1) is 8.56. The molecule has 1 aromatic heterocycles. The number of fused-ring (bicyclic) bond motifs is 1. The summed E-state index contributed by atoms with van der Waals surface area (Å²) in [6.07, 6.45) is 0. The molecule has 0 saturated carbocycles. The molecule has 4 heteroatoms. The summed E-state index contributed by atoms with van der Waals surface area (Å²) in [5.74, 6) is 2.02. The van der Waals surface area contributed by atoms with Gasteiger partial charge in [-0.1, -0.05) is 6.92 Å². The van der Waals surface area contributed by atoms with Gasteiger partial charge < -0.3 is 14.6 Å². The topological polar surface area (TPSA) is 47.3 Å². The van der Waals surface area contributed by atoms with Crippen LogP contribution in [0.5, 0.6) is 5.88 Å². The fourth-order valence-corrected chi connectivity index (χ4v) is 1.61. The molecule has 2 heterocycles. The van der Waals surface area contributed by atoms with Crippen molar-refractivity contribution < 1.29 is 9.26 Å². The van der Waals surface area contributed by atoms with Crippen molar-refractivity contribution in [1.29, 1.82) is 0 Å². The van der Waals surface area contributed by atoms with Crippen molar-refractivity contribution in [1.82, 2.24) is 10.5 Å². The lowest BCUT2D eigenvalue weighted by Gasteiger charge is -2.17. The summed E-state index contributed by atoms with van der Waals surface area (Å²) in [5.41, 5.74) is 1.08. The molecule has 0 bridgehead atoms. The minimum Gasteiger partial charge on any atom is -0.476 e. The van der Waals surface area contributed by atoms with Gasteiger partial charge in [0.2, 0.25) is 0 Å². The molecule has 0 radical (unpaired) electrons. The third kappa shape index (κ3) is 1.42. The molecule has 0 saturated heterocycles. The van der Waals surface area contributed by atoms with Crippen molar-refractivity contribution in [3.63, 3.8) is 0 Å². The Morgan fingerprint density at radius 3 is 3.31 bits per heavy atom. The Labute approximate surface area is 77.2 Å². The number of nitrogens with zero attached hydrogens (tertiary/aromatic N) is 1. The highest BCUT2D eigenvalue weighted by Crippen LogP contribution is 2.30. The van der Waals surface area contributed by atoms with Gasteiger partial charge in [0.15, 0.2) is 0 Å². The molecule has 0 unspecified atom stereocenters. The highest BCUT2D eigenvalue weighted by Gasteiger charge is 2.25. The minimum absolute atomic E-state index is 0.394. The standard InChI is InChI=1S/C9H14N2O2/c1-3-12-9-7-5-10-4-6(2)8(7)13-11-9/h6,10H,3-5H2,1-2H3/t6-/m0/s1. The second kappa shape index (κ2) is 3.38. The second-order valence-electron chi connectivity index (χ2n) is 3.30. The summed E-state index contributed by atoms with van der Waals surface area (Å²) in [6.45, 7) is 6.45. The third-order valence-corrected chi connectivity index (χ3v) is 2.26. The fourth-order valence-electron chi connectivity index (χ4n) is 1.61. The Balaban J connectivity index is 2.30. The molecular weight excluding hydrogens is 168 g/mol. The molecule has 4 nitrogen and oxygen atoms in total. The molecule has 1 N–H and O–H groups in total. The van der Waals surface area contributed by atoms with Crippen molar-refractivity contribution in [2.24, 2.45) is 0 Å². The first-order valence-corrected chi connectivity index (χ1v) is 4.65. The third-order valence-electron chi connectivity index (χ3n) is 2.26. The number of ether oxygens (including phenoxy) is 1. The van der Waals surface area contributed by atoms with E-state index in [0.717, 1.165) is 24.4 Å². The van der Waals surface area contributed by atoms with Gasteiger partial charge in [0, 0.05) is 19.0 Å². The van der Waals surface area contributed by atoms with Crippen molar-refractivity contribution in [2.75, 3.05) is 13.2 Å². The van der Waals surface area contributed by atoms with Crippen molar-refractivity contribution in [3.05, 3.63) is 11.3 Å². The van der Waals surface area contributed by atoms with Crippen LogP contribution in [0.2, 0.25) is 0 Å². The van der Waals surface area contributed by atoms with Gasteiger partial charge in [-0.15, -0.1) is 0 Å². The van der Waals surface area contributed by atoms with E-state index in [1.807, 2.05) is 6.92 Å². The van der Waals surface area contributed by atoms with Gasteiger partial charge in [0.05, 0.1) is 12.2 Å². The summed E-state index contributed by atoms with van der Waals surface area (Å²) in [4.78, 5) is 0. The summed E-state index contributed by atoms with van der Waals surface area (Å²) < 4.78 is 10.6. The van der Waals surface area contributed by atoms with E-state index in [-0.39, 0.29) is 0 Å². The Morgan fingerprint density at radius 2 is 2.54 bits per heavy atom. The Morgan fingerprint density at radius 1 is 1.69 bits per heavy atom. The van der Waals surface area contributed by atoms with Gasteiger partial charge in [-0.3, -0.25) is 0 Å². The van der Waals surface area contributed by atoms with E-state index in [0.29, 0.717) is 18.4 Å². The molecule has 0 fully saturated rings. The molecular formula is C9H14N2O2. The Kier molecular flexibility index (Phi) is 2.22. The van der Waals surface area contributed by atoms with Crippen LogP contribution in [-0.2, 0) is 6.54 Å². The fraction of sp³-hybridized carbons (Fsp3) is 0.667. The van der Waals surface area contributed by atoms with Crippen molar-refractivity contribution >= 4 is 0 Å². The van der Waals surface area contributed by atoms with Gasteiger partial charge in [-0.05, 0) is 12.1 Å². The molecule has 1 aliphatic heterocycles. The van der Waals surface area contributed by atoms with Gasteiger partial charge >= 0.3 is 0 Å². The average Bonchev–Trinajstić information content (AvgIpc) is 2.51. The van der Waals surface area contributed by atoms with E-state index in [9.17, 15) is 0 Å². The van der Waals surface area contributed by atoms with Crippen LogP contribution in [0.25, 0.3) is 0 Å². The zero-order chi connectivity index (χ0) is 9.26. The molecule has 0 amide bonds. The molecule has 0 aliphatic carbocycles. The Bertz CT molecular complexity index is 296. The van der Waals surface area contributed by atoms with Gasteiger partial charge in [0.1, 0.15) is 5.76 Å². The zero-order valence-corrected chi connectivity index (χ0v) is 7.96. The van der Waals surface area contributed by atoms with Crippen LogP contribution in [-0.4, -0.2) is 18.3 Å². The molecule has 13 heavy (non-hydrogen) atoms. The Hall–Kier alpha value is -1.03. The maximum absolute atomic E-state index is 5.35.